The Hall–Kier alpha value is -3.19. The van der Waals surface area contributed by atoms with Crippen LogP contribution in [0.1, 0.15) is 25.2 Å². The van der Waals surface area contributed by atoms with Crippen LogP contribution in [0.25, 0.3) is 0 Å². The third-order valence-corrected chi connectivity index (χ3v) is 6.08. The summed E-state index contributed by atoms with van der Waals surface area (Å²) in [6.45, 7) is 5.46. The number of benzene rings is 2. The van der Waals surface area contributed by atoms with Crippen molar-refractivity contribution in [2.45, 2.75) is 31.7 Å². The molecular formula is C27H33N3O3S. The monoisotopic (exact) mass is 479 g/mol. The molecule has 3 rings (SSSR count). The highest BCUT2D eigenvalue weighted by Crippen LogP contribution is 2.18. The highest BCUT2D eigenvalue weighted by Gasteiger charge is 2.23. The zero-order valence-corrected chi connectivity index (χ0v) is 20.9. The first-order chi connectivity index (χ1) is 16.4. The molecule has 2 aromatic carbocycles. The second-order valence-corrected chi connectivity index (χ2v) is 9.44. The summed E-state index contributed by atoms with van der Waals surface area (Å²) in [6.07, 6.45) is 4.34. The molecule has 1 aromatic heterocycles. The Morgan fingerprint density at radius 1 is 0.971 bits per heavy atom. The fraction of sp³-hybridized carbons (Fsp3) is 0.333. The van der Waals surface area contributed by atoms with Crippen molar-refractivity contribution >= 4 is 29.4 Å². The maximum atomic E-state index is 13.4. The average molecular weight is 480 g/mol. The van der Waals surface area contributed by atoms with Crippen LogP contribution < -0.4 is 5.32 Å². The lowest BCUT2D eigenvalue weighted by Crippen LogP contribution is -2.46. The van der Waals surface area contributed by atoms with Gasteiger partial charge in [0.15, 0.2) is 0 Å². The van der Waals surface area contributed by atoms with Crippen molar-refractivity contribution in [1.82, 2.24) is 9.80 Å². The minimum atomic E-state index is -0.278. The SMILES string of the molecule is CSc1ccc(NC(=O)N(CC(=O)N(CCc2ccccc2)Cc2ccco2)CC(C)C)cc1. The summed E-state index contributed by atoms with van der Waals surface area (Å²) in [4.78, 5) is 30.9. The Balaban J connectivity index is 1.70. The largest absolute Gasteiger partial charge is 0.467 e. The summed E-state index contributed by atoms with van der Waals surface area (Å²) < 4.78 is 5.49. The summed E-state index contributed by atoms with van der Waals surface area (Å²) in [6, 6.07) is 21.2. The molecular weight excluding hydrogens is 446 g/mol. The van der Waals surface area contributed by atoms with Crippen molar-refractivity contribution in [3.8, 4) is 0 Å². The molecule has 1 heterocycles. The average Bonchev–Trinajstić information content (AvgIpc) is 3.35. The van der Waals surface area contributed by atoms with Crippen LogP contribution in [0.3, 0.4) is 0 Å². The molecule has 0 bridgehead atoms. The van der Waals surface area contributed by atoms with Crippen LogP contribution >= 0.6 is 11.8 Å². The maximum Gasteiger partial charge on any atom is 0.322 e. The minimum Gasteiger partial charge on any atom is -0.467 e. The lowest BCUT2D eigenvalue weighted by molar-refractivity contribution is -0.132. The second-order valence-electron chi connectivity index (χ2n) is 8.56. The predicted octanol–water partition coefficient (Wildman–Crippen LogP) is 5.76. The van der Waals surface area contributed by atoms with Gasteiger partial charge in [-0.1, -0.05) is 44.2 Å². The molecule has 180 valence electrons. The quantitative estimate of drug-likeness (QED) is 0.355. The number of urea groups is 1. The molecule has 0 radical (unpaired) electrons. The van der Waals surface area contributed by atoms with Crippen LogP contribution in [0.5, 0.6) is 0 Å². The third-order valence-electron chi connectivity index (χ3n) is 5.33. The highest BCUT2D eigenvalue weighted by atomic mass is 32.2. The van der Waals surface area contributed by atoms with Crippen LogP contribution in [0.2, 0.25) is 0 Å². The van der Waals surface area contributed by atoms with Crippen molar-refractivity contribution in [3.63, 3.8) is 0 Å². The number of carbonyl (C=O) groups is 2. The lowest BCUT2D eigenvalue weighted by Gasteiger charge is -2.28. The molecule has 6 nitrogen and oxygen atoms in total. The molecule has 0 aliphatic rings. The van der Waals surface area contributed by atoms with E-state index in [-0.39, 0.29) is 24.4 Å². The van der Waals surface area contributed by atoms with Gasteiger partial charge in [-0.2, -0.15) is 0 Å². The topological polar surface area (TPSA) is 65.8 Å². The molecule has 0 fully saturated rings. The molecule has 0 spiro atoms. The summed E-state index contributed by atoms with van der Waals surface area (Å²) >= 11 is 1.65. The van der Waals surface area contributed by atoms with Gasteiger partial charge < -0.3 is 19.5 Å². The van der Waals surface area contributed by atoms with Gasteiger partial charge in [0.05, 0.1) is 12.8 Å². The molecule has 0 saturated heterocycles. The number of thioether (sulfide) groups is 1. The molecule has 3 aromatic rings. The van der Waals surface area contributed by atoms with Gasteiger partial charge in [-0.25, -0.2) is 4.79 Å². The number of hydrogen-bond donors (Lipinski definition) is 1. The van der Waals surface area contributed by atoms with Crippen molar-refractivity contribution in [2.24, 2.45) is 5.92 Å². The van der Waals surface area contributed by atoms with E-state index in [1.165, 1.54) is 0 Å². The first-order valence-electron chi connectivity index (χ1n) is 11.5. The number of carbonyl (C=O) groups excluding carboxylic acids is 2. The molecule has 7 heteroatoms. The van der Waals surface area contributed by atoms with Gasteiger partial charge in [-0.05, 0) is 60.6 Å². The van der Waals surface area contributed by atoms with E-state index in [4.69, 9.17) is 4.42 Å². The predicted molar refractivity (Wildman–Crippen MR) is 138 cm³/mol. The van der Waals surface area contributed by atoms with Crippen LogP contribution in [-0.2, 0) is 17.8 Å². The van der Waals surface area contributed by atoms with E-state index >= 15 is 0 Å². The van der Waals surface area contributed by atoms with E-state index in [1.54, 1.807) is 27.8 Å². The molecule has 3 amide bonds. The molecule has 0 aliphatic carbocycles. The number of hydrogen-bond acceptors (Lipinski definition) is 4. The zero-order chi connectivity index (χ0) is 24.3. The van der Waals surface area contributed by atoms with Crippen molar-refractivity contribution in [3.05, 3.63) is 84.3 Å². The number of amides is 3. The highest BCUT2D eigenvalue weighted by molar-refractivity contribution is 7.98. The lowest BCUT2D eigenvalue weighted by atomic mass is 10.1. The molecule has 1 N–H and O–H groups in total. The zero-order valence-electron chi connectivity index (χ0n) is 20.1. The molecule has 0 atom stereocenters. The standard InChI is InChI=1S/C27H33N3O3S/c1-21(2)18-30(27(32)28-23-11-13-25(34-3)14-12-23)20-26(31)29(19-24-10-7-17-33-24)16-15-22-8-5-4-6-9-22/h4-14,17,21H,15-16,18-20H2,1-3H3,(H,28,32). The number of nitrogens with one attached hydrogen (secondary N) is 1. The number of rotatable bonds is 11. The van der Waals surface area contributed by atoms with Crippen molar-refractivity contribution in [1.29, 1.82) is 0 Å². The van der Waals surface area contributed by atoms with E-state index in [1.807, 2.05) is 74.7 Å². The van der Waals surface area contributed by atoms with E-state index in [0.29, 0.717) is 25.3 Å². The Kier molecular flexibility index (Phi) is 9.64. The normalized spacial score (nSPS) is 10.8. The maximum absolute atomic E-state index is 13.4. The number of nitrogens with zero attached hydrogens (tertiary/aromatic N) is 2. The summed E-state index contributed by atoms with van der Waals surface area (Å²) in [5.41, 5.74) is 1.87. The van der Waals surface area contributed by atoms with Gasteiger partial charge in [0, 0.05) is 23.7 Å². The summed E-state index contributed by atoms with van der Waals surface area (Å²) in [5.74, 6) is 0.830. The molecule has 0 aliphatic heterocycles. The van der Waals surface area contributed by atoms with Gasteiger partial charge in [0.2, 0.25) is 5.91 Å². The van der Waals surface area contributed by atoms with Gasteiger partial charge in [0.25, 0.3) is 0 Å². The minimum absolute atomic E-state index is 0.00239. The van der Waals surface area contributed by atoms with Crippen LogP contribution in [0.4, 0.5) is 10.5 Å². The van der Waals surface area contributed by atoms with Crippen LogP contribution in [-0.4, -0.2) is 47.6 Å². The number of furan rings is 1. The van der Waals surface area contributed by atoms with Crippen molar-refractivity contribution < 1.29 is 14.0 Å². The van der Waals surface area contributed by atoms with E-state index in [0.717, 1.165) is 22.6 Å². The van der Waals surface area contributed by atoms with Gasteiger partial charge in [0.1, 0.15) is 12.3 Å². The van der Waals surface area contributed by atoms with Gasteiger partial charge >= 0.3 is 6.03 Å². The van der Waals surface area contributed by atoms with Crippen LogP contribution in [0.15, 0.2) is 82.3 Å². The Morgan fingerprint density at radius 2 is 1.71 bits per heavy atom. The molecule has 0 saturated carbocycles. The van der Waals surface area contributed by atoms with Crippen molar-refractivity contribution in [2.75, 3.05) is 31.2 Å². The molecule has 34 heavy (non-hydrogen) atoms. The number of anilines is 1. The fourth-order valence-electron chi connectivity index (χ4n) is 3.59. The Bertz CT molecular complexity index is 1020. The van der Waals surface area contributed by atoms with Gasteiger partial charge in [-0.3, -0.25) is 4.79 Å². The summed E-state index contributed by atoms with van der Waals surface area (Å²) in [7, 11) is 0. The van der Waals surface area contributed by atoms with E-state index in [9.17, 15) is 9.59 Å². The first-order valence-corrected chi connectivity index (χ1v) is 12.7. The first kappa shape index (κ1) is 25.4. The van der Waals surface area contributed by atoms with E-state index in [2.05, 4.69) is 17.4 Å². The fourth-order valence-corrected chi connectivity index (χ4v) is 4.00. The molecule has 0 unspecified atom stereocenters. The van der Waals surface area contributed by atoms with Crippen LogP contribution in [0, 0.1) is 5.92 Å². The second kappa shape index (κ2) is 12.9. The summed E-state index contributed by atoms with van der Waals surface area (Å²) in [5, 5.41) is 2.93. The van der Waals surface area contributed by atoms with E-state index < -0.39 is 0 Å². The third kappa shape index (κ3) is 7.99. The van der Waals surface area contributed by atoms with Gasteiger partial charge in [-0.15, -0.1) is 11.8 Å². The smallest absolute Gasteiger partial charge is 0.322 e. The Labute approximate surface area is 206 Å². The Morgan fingerprint density at radius 3 is 2.32 bits per heavy atom.